The molecular weight excluding hydrogens is 442 g/mol. The van der Waals surface area contributed by atoms with Crippen LogP contribution in [0.1, 0.15) is 73.8 Å². The molecule has 1 amide bonds. The monoisotopic (exact) mass is 471 g/mol. The number of aromatic nitrogens is 6. The summed E-state index contributed by atoms with van der Waals surface area (Å²) in [6, 6.07) is 14.7. The number of benzene rings is 2. The minimum absolute atomic E-state index is 0.0441. The maximum Gasteiger partial charge on any atom is 0.412 e. The van der Waals surface area contributed by atoms with E-state index in [1.54, 1.807) is 0 Å². The first-order valence-corrected chi connectivity index (χ1v) is 12.4. The zero-order valence-corrected chi connectivity index (χ0v) is 19.8. The van der Waals surface area contributed by atoms with E-state index in [9.17, 15) is 9.90 Å². The number of aryl methyl sites for hydroxylation is 1. The summed E-state index contributed by atoms with van der Waals surface area (Å²) >= 11 is 0. The van der Waals surface area contributed by atoms with Gasteiger partial charge in [0.1, 0.15) is 5.82 Å². The van der Waals surface area contributed by atoms with Gasteiger partial charge in [0.15, 0.2) is 5.82 Å². The number of carboxylic acid groups (broad SMARTS) is 1. The van der Waals surface area contributed by atoms with Crippen LogP contribution >= 0.6 is 0 Å². The smallest absolute Gasteiger partial charge is 0.412 e. The lowest BCUT2D eigenvalue weighted by Crippen LogP contribution is -2.41. The number of hydrogen-bond acceptors (Lipinski definition) is 5. The van der Waals surface area contributed by atoms with Gasteiger partial charge >= 0.3 is 6.09 Å². The summed E-state index contributed by atoms with van der Waals surface area (Å²) in [6.45, 7) is 1.97. The number of nitrogens with one attached hydrogen (secondary N) is 1. The minimum atomic E-state index is -0.906. The molecule has 6 rings (SSSR count). The van der Waals surface area contributed by atoms with Crippen LogP contribution in [0.3, 0.4) is 0 Å². The first-order chi connectivity index (χ1) is 17.1. The zero-order valence-electron chi connectivity index (χ0n) is 19.8. The highest BCUT2D eigenvalue weighted by atomic mass is 16.4. The SMILES string of the molecule is C[C@H]1CCc2c(ccc3c2nc(Cc2ccccc2)n3[C@@H]2CCC[C@@H](c3nn[nH]n3)C2)N1C(=O)O. The van der Waals surface area contributed by atoms with Crippen molar-refractivity contribution in [3.63, 3.8) is 0 Å². The fourth-order valence-electron chi connectivity index (χ4n) is 6.02. The Bertz CT molecular complexity index is 1350. The Kier molecular flexibility index (Phi) is 5.47. The lowest BCUT2D eigenvalue weighted by atomic mass is 9.85. The van der Waals surface area contributed by atoms with E-state index in [1.807, 2.05) is 19.1 Å². The van der Waals surface area contributed by atoms with Gasteiger partial charge in [-0.2, -0.15) is 5.21 Å². The van der Waals surface area contributed by atoms with Crippen LogP contribution in [0.15, 0.2) is 42.5 Å². The molecule has 0 bridgehead atoms. The Labute approximate surface area is 203 Å². The average Bonchev–Trinajstić information content (AvgIpc) is 3.52. The summed E-state index contributed by atoms with van der Waals surface area (Å²) in [5, 5.41) is 24.8. The van der Waals surface area contributed by atoms with Crippen LogP contribution in [0.25, 0.3) is 11.0 Å². The molecule has 1 aliphatic heterocycles. The number of H-pyrrole nitrogens is 1. The summed E-state index contributed by atoms with van der Waals surface area (Å²) in [7, 11) is 0. The standard InChI is InChI=1S/C26H29N7O2/c1-16-10-11-20-21(32(16)26(34)35)12-13-22-24(20)27-23(14-17-6-3-2-4-7-17)33(22)19-9-5-8-18(15-19)25-28-30-31-29-25/h2-4,6-7,12-13,16,18-19H,5,8-11,14-15H2,1H3,(H,34,35)(H,28,29,30,31)/t16-,18+,19+/m0/s1. The molecule has 0 radical (unpaired) electrons. The second-order valence-corrected chi connectivity index (χ2v) is 9.82. The maximum atomic E-state index is 12.1. The van der Waals surface area contributed by atoms with Crippen molar-refractivity contribution >= 4 is 22.8 Å². The molecular formula is C26H29N7O2. The number of aromatic amines is 1. The molecule has 180 valence electrons. The highest BCUT2D eigenvalue weighted by Gasteiger charge is 2.33. The van der Waals surface area contributed by atoms with Crippen molar-refractivity contribution < 1.29 is 9.90 Å². The predicted octanol–water partition coefficient (Wildman–Crippen LogP) is 4.86. The van der Waals surface area contributed by atoms with Gasteiger partial charge in [-0.25, -0.2) is 9.78 Å². The highest BCUT2D eigenvalue weighted by molar-refractivity contribution is 5.94. The van der Waals surface area contributed by atoms with E-state index < -0.39 is 6.09 Å². The number of carbonyl (C=O) groups is 1. The van der Waals surface area contributed by atoms with Gasteiger partial charge in [-0.3, -0.25) is 4.90 Å². The fourth-order valence-corrected chi connectivity index (χ4v) is 6.02. The van der Waals surface area contributed by atoms with Gasteiger partial charge < -0.3 is 9.67 Å². The number of fused-ring (bicyclic) bond motifs is 3. The number of hydrogen-bond donors (Lipinski definition) is 2. The Hall–Kier alpha value is -3.75. The van der Waals surface area contributed by atoms with Crippen LogP contribution in [-0.4, -0.2) is 47.4 Å². The van der Waals surface area contributed by atoms with E-state index in [1.165, 1.54) is 10.5 Å². The molecule has 3 heterocycles. The van der Waals surface area contributed by atoms with Crippen LogP contribution in [-0.2, 0) is 12.8 Å². The van der Waals surface area contributed by atoms with E-state index >= 15 is 0 Å². The first kappa shape index (κ1) is 21.8. The normalized spacial score (nSPS) is 22.3. The molecule has 2 aromatic carbocycles. The third-order valence-electron chi connectivity index (χ3n) is 7.68. The van der Waals surface area contributed by atoms with Crippen molar-refractivity contribution in [3.05, 3.63) is 65.2 Å². The molecule has 1 aliphatic carbocycles. The number of rotatable bonds is 4. The summed E-state index contributed by atoms with van der Waals surface area (Å²) in [5.74, 6) is 2.07. The Morgan fingerprint density at radius 3 is 2.77 bits per heavy atom. The van der Waals surface area contributed by atoms with Crippen LogP contribution in [0.5, 0.6) is 0 Å². The molecule has 9 heteroatoms. The van der Waals surface area contributed by atoms with E-state index in [4.69, 9.17) is 4.98 Å². The largest absolute Gasteiger partial charge is 0.465 e. The van der Waals surface area contributed by atoms with Crippen LogP contribution < -0.4 is 4.90 Å². The number of imidazole rings is 1. The van der Waals surface area contributed by atoms with Crippen molar-refractivity contribution in [2.24, 2.45) is 0 Å². The molecule has 0 spiro atoms. The van der Waals surface area contributed by atoms with E-state index in [2.05, 4.69) is 55.5 Å². The van der Waals surface area contributed by atoms with Crippen molar-refractivity contribution in [2.45, 2.75) is 69.9 Å². The van der Waals surface area contributed by atoms with E-state index in [-0.39, 0.29) is 18.0 Å². The molecule has 0 saturated heterocycles. The van der Waals surface area contributed by atoms with E-state index in [0.29, 0.717) is 0 Å². The second kappa shape index (κ2) is 8.79. The lowest BCUT2D eigenvalue weighted by molar-refractivity contribution is 0.198. The summed E-state index contributed by atoms with van der Waals surface area (Å²) in [5.41, 5.74) is 5.06. The maximum absolute atomic E-state index is 12.1. The molecule has 9 nitrogen and oxygen atoms in total. The van der Waals surface area contributed by atoms with Gasteiger partial charge in [-0.1, -0.05) is 42.0 Å². The molecule has 2 N–H and O–H groups in total. The van der Waals surface area contributed by atoms with Gasteiger partial charge in [-0.05, 0) is 56.7 Å². The summed E-state index contributed by atoms with van der Waals surface area (Å²) in [6.07, 6.45) is 5.59. The summed E-state index contributed by atoms with van der Waals surface area (Å²) in [4.78, 5) is 18.8. The molecule has 3 atom stereocenters. The minimum Gasteiger partial charge on any atom is -0.465 e. The quantitative estimate of drug-likeness (QED) is 0.440. The van der Waals surface area contributed by atoms with Crippen molar-refractivity contribution in [1.29, 1.82) is 0 Å². The van der Waals surface area contributed by atoms with E-state index in [0.717, 1.165) is 78.9 Å². The molecule has 35 heavy (non-hydrogen) atoms. The topological polar surface area (TPSA) is 113 Å². The van der Waals surface area contributed by atoms with Crippen molar-refractivity contribution in [3.8, 4) is 0 Å². The molecule has 1 saturated carbocycles. The van der Waals surface area contributed by atoms with Crippen LogP contribution in [0.4, 0.5) is 10.5 Å². The van der Waals surface area contributed by atoms with Crippen LogP contribution in [0.2, 0.25) is 0 Å². The first-order valence-electron chi connectivity index (χ1n) is 12.4. The number of tetrazole rings is 1. The van der Waals surface area contributed by atoms with Gasteiger partial charge in [-0.15, -0.1) is 10.2 Å². The Morgan fingerprint density at radius 2 is 2.00 bits per heavy atom. The molecule has 1 fully saturated rings. The zero-order chi connectivity index (χ0) is 23.9. The van der Waals surface area contributed by atoms with Gasteiger partial charge in [0.2, 0.25) is 0 Å². The second-order valence-electron chi connectivity index (χ2n) is 9.82. The molecule has 2 aromatic heterocycles. The lowest BCUT2D eigenvalue weighted by Gasteiger charge is -2.33. The number of amides is 1. The predicted molar refractivity (Wildman–Crippen MR) is 132 cm³/mol. The third kappa shape index (κ3) is 3.84. The fraction of sp³-hybridized carbons (Fsp3) is 0.423. The number of anilines is 1. The molecule has 4 aromatic rings. The average molecular weight is 472 g/mol. The Morgan fingerprint density at radius 1 is 1.14 bits per heavy atom. The summed E-state index contributed by atoms with van der Waals surface area (Å²) < 4.78 is 2.41. The highest BCUT2D eigenvalue weighted by Crippen LogP contribution is 2.42. The van der Waals surface area contributed by atoms with Gasteiger partial charge in [0, 0.05) is 30.0 Å². The van der Waals surface area contributed by atoms with Gasteiger partial charge in [0.05, 0.1) is 16.7 Å². The van der Waals surface area contributed by atoms with Crippen LogP contribution in [0, 0.1) is 0 Å². The van der Waals surface area contributed by atoms with Crippen molar-refractivity contribution in [2.75, 3.05) is 4.90 Å². The van der Waals surface area contributed by atoms with Crippen molar-refractivity contribution in [1.82, 2.24) is 30.2 Å². The molecule has 0 unspecified atom stereocenters. The van der Waals surface area contributed by atoms with Gasteiger partial charge in [0.25, 0.3) is 0 Å². The Balaban J connectivity index is 1.48. The molecule has 2 aliphatic rings. The third-order valence-corrected chi connectivity index (χ3v) is 7.68. The number of nitrogens with zero attached hydrogens (tertiary/aromatic N) is 6.